The van der Waals surface area contributed by atoms with Crippen LogP contribution < -0.4 is 10.1 Å². The first-order valence-electron chi connectivity index (χ1n) is 5.59. The van der Waals surface area contributed by atoms with Crippen LogP contribution in [0.2, 0.25) is 0 Å². The van der Waals surface area contributed by atoms with Crippen LogP contribution in [0.5, 0.6) is 5.75 Å². The monoisotopic (exact) mass is 261 g/mol. The lowest BCUT2D eigenvalue weighted by Gasteiger charge is -2.13. The Morgan fingerprint density at radius 3 is 2.61 bits per heavy atom. The van der Waals surface area contributed by atoms with Crippen molar-refractivity contribution in [3.8, 4) is 5.75 Å². The summed E-state index contributed by atoms with van der Waals surface area (Å²) in [4.78, 5) is 0. The van der Waals surface area contributed by atoms with Crippen LogP contribution in [0, 0.1) is 11.6 Å². The number of rotatable bonds is 8. The van der Waals surface area contributed by atoms with Crippen molar-refractivity contribution >= 4 is 0 Å². The summed E-state index contributed by atoms with van der Waals surface area (Å²) in [7, 11) is 1.57. The Morgan fingerprint density at radius 2 is 2.00 bits per heavy atom. The number of hydrogen-bond acceptors (Lipinski definition) is 4. The molecule has 1 aromatic carbocycles. The van der Waals surface area contributed by atoms with Gasteiger partial charge in [0.25, 0.3) is 0 Å². The molecule has 0 aliphatic rings. The number of para-hydroxylation sites is 1. The molecule has 18 heavy (non-hydrogen) atoms. The number of nitrogens with one attached hydrogen (secondary N) is 1. The summed E-state index contributed by atoms with van der Waals surface area (Å²) < 4.78 is 36.1. The molecular weight excluding hydrogens is 244 g/mol. The SMILES string of the molecule is COCCNCC(O)COc1c(F)cccc1F. The van der Waals surface area contributed by atoms with Gasteiger partial charge in [-0.2, -0.15) is 0 Å². The van der Waals surface area contributed by atoms with Crippen LogP contribution in [0.4, 0.5) is 8.78 Å². The molecule has 1 aromatic rings. The van der Waals surface area contributed by atoms with Crippen LogP contribution in [-0.2, 0) is 4.74 Å². The molecule has 0 fully saturated rings. The summed E-state index contributed by atoms with van der Waals surface area (Å²) in [5.74, 6) is -2.03. The second kappa shape index (κ2) is 7.97. The first kappa shape index (κ1) is 14.8. The van der Waals surface area contributed by atoms with Gasteiger partial charge in [0, 0.05) is 20.2 Å². The van der Waals surface area contributed by atoms with Gasteiger partial charge in [-0.1, -0.05) is 6.07 Å². The highest BCUT2D eigenvalue weighted by Crippen LogP contribution is 2.20. The summed E-state index contributed by atoms with van der Waals surface area (Å²) in [5.41, 5.74) is 0. The number of aliphatic hydroxyl groups is 1. The van der Waals surface area contributed by atoms with Gasteiger partial charge in [0.15, 0.2) is 17.4 Å². The fourth-order valence-corrected chi connectivity index (χ4v) is 1.30. The maximum Gasteiger partial charge on any atom is 0.190 e. The van der Waals surface area contributed by atoms with Crippen molar-refractivity contribution in [3.63, 3.8) is 0 Å². The van der Waals surface area contributed by atoms with E-state index < -0.39 is 23.5 Å². The van der Waals surface area contributed by atoms with Crippen LogP contribution in [0.1, 0.15) is 0 Å². The minimum Gasteiger partial charge on any atom is -0.485 e. The predicted molar refractivity (Wildman–Crippen MR) is 62.6 cm³/mol. The molecule has 0 spiro atoms. The van der Waals surface area contributed by atoms with Gasteiger partial charge in [-0.3, -0.25) is 0 Å². The van der Waals surface area contributed by atoms with E-state index in [1.807, 2.05) is 0 Å². The number of methoxy groups -OCH3 is 1. The first-order chi connectivity index (χ1) is 8.65. The van der Waals surface area contributed by atoms with E-state index in [1.165, 1.54) is 6.07 Å². The number of aliphatic hydroxyl groups excluding tert-OH is 1. The standard InChI is InChI=1S/C12H17F2NO3/c1-17-6-5-15-7-9(16)8-18-12-10(13)3-2-4-11(12)14/h2-4,9,15-16H,5-8H2,1H3. The normalized spacial score (nSPS) is 12.4. The molecule has 0 radical (unpaired) electrons. The molecule has 1 atom stereocenters. The fourth-order valence-electron chi connectivity index (χ4n) is 1.30. The van der Waals surface area contributed by atoms with Gasteiger partial charge in [0.1, 0.15) is 12.7 Å². The average Bonchev–Trinajstić information content (AvgIpc) is 2.34. The number of halogens is 2. The highest BCUT2D eigenvalue weighted by atomic mass is 19.1. The van der Waals surface area contributed by atoms with Crippen molar-refractivity contribution in [2.75, 3.05) is 33.4 Å². The van der Waals surface area contributed by atoms with Crippen LogP contribution in [0.25, 0.3) is 0 Å². The van der Waals surface area contributed by atoms with Crippen molar-refractivity contribution < 1.29 is 23.4 Å². The highest BCUT2D eigenvalue weighted by Gasteiger charge is 2.12. The summed E-state index contributed by atoms with van der Waals surface area (Å²) >= 11 is 0. The van der Waals surface area contributed by atoms with Gasteiger partial charge in [-0.25, -0.2) is 8.78 Å². The molecule has 0 amide bonds. The van der Waals surface area contributed by atoms with Crippen LogP contribution in [-0.4, -0.2) is 44.6 Å². The van der Waals surface area contributed by atoms with Gasteiger partial charge in [0.2, 0.25) is 0 Å². The smallest absolute Gasteiger partial charge is 0.190 e. The van der Waals surface area contributed by atoms with E-state index in [0.717, 1.165) is 12.1 Å². The molecule has 2 N–H and O–H groups in total. The van der Waals surface area contributed by atoms with Crippen molar-refractivity contribution in [1.82, 2.24) is 5.32 Å². The zero-order chi connectivity index (χ0) is 13.4. The van der Waals surface area contributed by atoms with E-state index in [1.54, 1.807) is 7.11 Å². The van der Waals surface area contributed by atoms with E-state index in [-0.39, 0.29) is 13.2 Å². The Balaban J connectivity index is 2.31. The second-order valence-electron chi connectivity index (χ2n) is 3.71. The first-order valence-corrected chi connectivity index (χ1v) is 5.59. The Hall–Kier alpha value is -1.24. The molecule has 0 saturated carbocycles. The molecule has 0 aliphatic heterocycles. The molecule has 0 heterocycles. The van der Waals surface area contributed by atoms with Crippen molar-refractivity contribution in [2.45, 2.75) is 6.10 Å². The van der Waals surface area contributed by atoms with E-state index in [4.69, 9.17) is 9.47 Å². The third-order valence-electron chi connectivity index (χ3n) is 2.20. The van der Waals surface area contributed by atoms with Crippen molar-refractivity contribution in [3.05, 3.63) is 29.8 Å². The summed E-state index contributed by atoms with van der Waals surface area (Å²) in [6.07, 6.45) is -0.846. The number of ether oxygens (including phenoxy) is 2. The largest absolute Gasteiger partial charge is 0.485 e. The van der Waals surface area contributed by atoms with Crippen LogP contribution in [0.3, 0.4) is 0 Å². The lowest BCUT2D eigenvalue weighted by Crippen LogP contribution is -2.33. The number of benzene rings is 1. The van der Waals surface area contributed by atoms with Gasteiger partial charge in [-0.05, 0) is 12.1 Å². The Morgan fingerprint density at radius 1 is 1.33 bits per heavy atom. The minimum atomic E-state index is -0.846. The molecule has 6 heteroatoms. The molecule has 0 aromatic heterocycles. The van der Waals surface area contributed by atoms with E-state index in [2.05, 4.69) is 5.32 Å². The fraction of sp³-hybridized carbons (Fsp3) is 0.500. The molecule has 0 saturated heterocycles. The number of hydrogen-bond donors (Lipinski definition) is 2. The summed E-state index contributed by atoms with van der Waals surface area (Å²) in [6, 6.07) is 3.45. The minimum absolute atomic E-state index is 0.183. The highest BCUT2D eigenvalue weighted by molar-refractivity contribution is 5.25. The Bertz CT molecular complexity index is 343. The maximum atomic E-state index is 13.2. The Kier molecular flexibility index (Phi) is 6.56. The van der Waals surface area contributed by atoms with E-state index >= 15 is 0 Å². The summed E-state index contributed by atoms with van der Waals surface area (Å²) in [6.45, 7) is 1.19. The van der Waals surface area contributed by atoms with Gasteiger partial charge in [-0.15, -0.1) is 0 Å². The summed E-state index contributed by atoms with van der Waals surface area (Å²) in [5, 5.41) is 12.4. The lowest BCUT2D eigenvalue weighted by atomic mass is 10.3. The molecular formula is C12H17F2NO3. The second-order valence-corrected chi connectivity index (χ2v) is 3.71. The zero-order valence-corrected chi connectivity index (χ0v) is 10.2. The Labute approximate surface area is 105 Å². The van der Waals surface area contributed by atoms with E-state index in [9.17, 15) is 13.9 Å². The average molecular weight is 261 g/mol. The molecule has 102 valence electrons. The lowest BCUT2D eigenvalue weighted by molar-refractivity contribution is 0.0989. The zero-order valence-electron chi connectivity index (χ0n) is 10.2. The van der Waals surface area contributed by atoms with Gasteiger partial charge >= 0.3 is 0 Å². The van der Waals surface area contributed by atoms with Gasteiger partial charge < -0.3 is 19.9 Å². The van der Waals surface area contributed by atoms with Gasteiger partial charge in [0.05, 0.1) is 6.61 Å². The molecule has 1 unspecified atom stereocenters. The van der Waals surface area contributed by atoms with Crippen LogP contribution in [0.15, 0.2) is 18.2 Å². The maximum absolute atomic E-state index is 13.2. The van der Waals surface area contributed by atoms with E-state index in [0.29, 0.717) is 13.2 Å². The quantitative estimate of drug-likeness (QED) is 0.684. The van der Waals surface area contributed by atoms with Crippen molar-refractivity contribution in [1.29, 1.82) is 0 Å². The molecule has 4 nitrogen and oxygen atoms in total. The molecule has 0 aliphatic carbocycles. The third kappa shape index (κ3) is 4.95. The molecule has 0 bridgehead atoms. The van der Waals surface area contributed by atoms with Crippen molar-refractivity contribution in [2.24, 2.45) is 0 Å². The van der Waals surface area contributed by atoms with Crippen LogP contribution >= 0.6 is 0 Å². The third-order valence-corrected chi connectivity index (χ3v) is 2.20. The molecule has 1 rings (SSSR count). The predicted octanol–water partition coefficient (Wildman–Crippen LogP) is 0.940. The topological polar surface area (TPSA) is 50.7 Å².